The molecule has 4 heteroatoms. The van der Waals surface area contributed by atoms with Crippen LogP contribution in [-0.4, -0.2) is 39.6 Å². The molecule has 2 unspecified atom stereocenters. The monoisotopic (exact) mass is 289 g/mol. The summed E-state index contributed by atoms with van der Waals surface area (Å²) in [5.41, 5.74) is 1.30. The molecule has 0 radical (unpaired) electrons. The topological polar surface area (TPSA) is 38.1 Å². The van der Waals surface area contributed by atoms with Crippen LogP contribution >= 0.6 is 0 Å². The van der Waals surface area contributed by atoms with Crippen molar-refractivity contribution in [3.63, 3.8) is 0 Å². The smallest absolute Gasteiger partial charge is 0.137 e. The highest BCUT2D eigenvalue weighted by molar-refractivity contribution is 5.82. The summed E-state index contributed by atoms with van der Waals surface area (Å²) in [4.78, 5) is 14.9. The van der Waals surface area contributed by atoms with Crippen molar-refractivity contribution >= 4 is 5.78 Å². The summed E-state index contributed by atoms with van der Waals surface area (Å²) in [6.07, 6.45) is 13.2. The van der Waals surface area contributed by atoms with E-state index in [2.05, 4.69) is 16.2 Å². The Hall–Kier alpha value is -1.16. The van der Waals surface area contributed by atoms with Crippen LogP contribution in [0.4, 0.5) is 0 Å². The van der Waals surface area contributed by atoms with Gasteiger partial charge in [0.1, 0.15) is 5.78 Å². The van der Waals surface area contributed by atoms with E-state index in [-0.39, 0.29) is 0 Å². The number of hydrogen-bond acceptors (Lipinski definition) is 3. The second-order valence-corrected chi connectivity index (χ2v) is 6.69. The van der Waals surface area contributed by atoms with Crippen LogP contribution in [0.1, 0.15) is 50.5 Å². The van der Waals surface area contributed by atoms with Gasteiger partial charge in [0.25, 0.3) is 0 Å². The number of ketones is 1. The summed E-state index contributed by atoms with van der Waals surface area (Å²) >= 11 is 0. The van der Waals surface area contributed by atoms with E-state index in [1.807, 2.05) is 17.9 Å². The van der Waals surface area contributed by atoms with E-state index < -0.39 is 0 Å². The lowest BCUT2D eigenvalue weighted by molar-refractivity contribution is -0.127. The molecule has 0 amide bonds. The molecule has 2 fully saturated rings. The first-order valence-corrected chi connectivity index (χ1v) is 8.48. The Bertz CT molecular complexity index is 482. The van der Waals surface area contributed by atoms with Gasteiger partial charge in [-0.05, 0) is 44.2 Å². The van der Waals surface area contributed by atoms with Crippen LogP contribution in [0.25, 0.3) is 0 Å². The third-order valence-corrected chi connectivity index (χ3v) is 5.18. The van der Waals surface area contributed by atoms with Gasteiger partial charge in [-0.15, -0.1) is 0 Å². The van der Waals surface area contributed by atoms with Crippen molar-refractivity contribution in [2.75, 3.05) is 13.1 Å². The molecular formula is C17H27N3O. The minimum absolute atomic E-state index is 0.313. The largest absolute Gasteiger partial charge is 0.299 e. The van der Waals surface area contributed by atoms with E-state index in [1.54, 1.807) is 0 Å². The summed E-state index contributed by atoms with van der Waals surface area (Å²) in [5, 5.41) is 4.25. The molecule has 2 heterocycles. The van der Waals surface area contributed by atoms with Crippen LogP contribution in [0.5, 0.6) is 0 Å². The van der Waals surface area contributed by atoms with Gasteiger partial charge in [-0.3, -0.25) is 14.4 Å². The Morgan fingerprint density at radius 2 is 2.10 bits per heavy atom. The molecule has 0 aromatic carbocycles. The van der Waals surface area contributed by atoms with Gasteiger partial charge in [-0.2, -0.15) is 5.10 Å². The summed E-state index contributed by atoms with van der Waals surface area (Å²) in [5.74, 6) is 0.840. The van der Waals surface area contributed by atoms with Crippen molar-refractivity contribution in [1.82, 2.24) is 14.7 Å². The number of aromatic nitrogens is 2. The number of nitrogens with zero attached hydrogens (tertiary/aromatic N) is 3. The molecule has 1 saturated carbocycles. The quantitative estimate of drug-likeness (QED) is 0.855. The molecule has 2 atom stereocenters. The van der Waals surface area contributed by atoms with Gasteiger partial charge >= 0.3 is 0 Å². The standard InChI is InChI=1S/C17H27N3O/c1-19-13-14(12-18-19)9-11-20-10-5-4-7-16(20)15-6-2-3-8-17(15)21/h12-13,15-16H,2-11H2,1H3. The number of carbonyl (C=O) groups is 1. The zero-order valence-corrected chi connectivity index (χ0v) is 13.1. The predicted octanol–water partition coefficient (Wildman–Crippen LogP) is 2.58. The number of piperidine rings is 1. The minimum Gasteiger partial charge on any atom is -0.299 e. The first-order valence-electron chi connectivity index (χ1n) is 8.48. The molecule has 116 valence electrons. The highest BCUT2D eigenvalue weighted by atomic mass is 16.1. The number of rotatable bonds is 4. The summed E-state index contributed by atoms with van der Waals surface area (Å²) in [6, 6.07) is 0.503. The van der Waals surface area contributed by atoms with Crippen LogP contribution in [0, 0.1) is 5.92 Å². The van der Waals surface area contributed by atoms with Gasteiger partial charge in [0.05, 0.1) is 6.20 Å². The molecule has 2 aliphatic rings. The number of aryl methyl sites for hydroxylation is 1. The van der Waals surface area contributed by atoms with E-state index in [4.69, 9.17) is 0 Å². The van der Waals surface area contributed by atoms with E-state index in [0.29, 0.717) is 17.7 Å². The van der Waals surface area contributed by atoms with Crippen LogP contribution in [0.15, 0.2) is 12.4 Å². The molecular weight excluding hydrogens is 262 g/mol. The molecule has 1 aromatic heterocycles. The lowest BCUT2D eigenvalue weighted by Crippen LogP contribution is -2.48. The molecule has 21 heavy (non-hydrogen) atoms. The van der Waals surface area contributed by atoms with Gasteiger partial charge in [0.2, 0.25) is 0 Å². The molecule has 0 N–H and O–H groups in total. The maximum atomic E-state index is 12.3. The highest BCUT2D eigenvalue weighted by Crippen LogP contribution is 2.31. The Labute approximate surface area is 127 Å². The molecule has 3 rings (SSSR count). The van der Waals surface area contributed by atoms with Crippen LogP contribution in [-0.2, 0) is 18.3 Å². The fourth-order valence-corrected chi connectivity index (χ4v) is 4.04. The molecule has 0 spiro atoms. The second kappa shape index (κ2) is 6.73. The summed E-state index contributed by atoms with van der Waals surface area (Å²) < 4.78 is 1.87. The van der Waals surface area contributed by atoms with Crippen LogP contribution < -0.4 is 0 Å². The van der Waals surface area contributed by atoms with Crippen LogP contribution in [0.3, 0.4) is 0 Å². The maximum Gasteiger partial charge on any atom is 0.137 e. The fraction of sp³-hybridized carbons (Fsp3) is 0.765. The number of Topliss-reactive ketones (excluding diaryl/α,β-unsaturated/α-hetero) is 1. The van der Waals surface area contributed by atoms with Gasteiger partial charge in [-0.25, -0.2) is 0 Å². The molecule has 1 aromatic rings. The first kappa shape index (κ1) is 14.8. The lowest BCUT2D eigenvalue weighted by Gasteiger charge is -2.41. The zero-order valence-electron chi connectivity index (χ0n) is 13.1. The van der Waals surface area contributed by atoms with E-state index >= 15 is 0 Å². The Morgan fingerprint density at radius 1 is 1.24 bits per heavy atom. The average molecular weight is 289 g/mol. The zero-order chi connectivity index (χ0) is 14.7. The van der Waals surface area contributed by atoms with Crippen molar-refractivity contribution < 1.29 is 4.79 Å². The normalized spacial score (nSPS) is 28.0. The second-order valence-electron chi connectivity index (χ2n) is 6.69. The molecule has 1 saturated heterocycles. The van der Waals surface area contributed by atoms with Gasteiger partial charge < -0.3 is 0 Å². The first-order chi connectivity index (χ1) is 10.2. The summed E-state index contributed by atoms with van der Waals surface area (Å²) in [7, 11) is 1.97. The van der Waals surface area contributed by atoms with E-state index in [9.17, 15) is 4.79 Å². The fourth-order valence-electron chi connectivity index (χ4n) is 4.04. The minimum atomic E-state index is 0.313. The van der Waals surface area contributed by atoms with Crippen LogP contribution in [0.2, 0.25) is 0 Å². The third kappa shape index (κ3) is 3.54. The Morgan fingerprint density at radius 3 is 2.86 bits per heavy atom. The van der Waals surface area contributed by atoms with Crippen molar-refractivity contribution in [3.8, 4) is 0 Å². The molecule has 1 aliphatic carbocycles. The maximum absolute atomic E-state index is 12.3. The van der Waals surface area contributed by atoms with E-state index in [1.165, 1.54) is 31.2 Å². The van der Waals surface area contributed by atoms with Crippen molar-refractivity contribution in [1.29, 1.82) is 0 Å². The number of likely N-dealkylation sites (tertiary alicyclic amines) is 1. The summed E-state index contributed by atoms with van der Waals surface area (Å²) in [6.45, 7) is 2.23. The number of carbonyl (C=O) groups excluding carboxylic acids is 1. The number of hydrogen-bond donors (Lipinski definition) is 0. The van der Waals surface area contributed by atoms with Gasteiger partial charge in [-0.1, -0.05) is 12.8 Å². The Balaban J connectivity index is 1.62. The predicted molar refractivity (Wildman–Crippen MR) is 83.1 cm³/mol. The lowest BCUT2D eigenvalue weighted by atomic mass is 9.79. The molecule has 4 nitrogen and oxygen atoms in total. The molecule has 1 aliphatic heterocycles. The van der Waals surface area contributed by atoms with Gasteiger partial charge in [0.15, 0.2) is 0 Å². The average Bonchev–Trinajstić information content (AvgIpc) is 2.92. The SMILES string of the molecule is Cn1cc(CCN2CCCCC2C2CCCCC2=O)cn1. The van der Waals surface area contributed by atoms with Gasteiger partial charge in [0, 0.05) is 38.2 Å². The molecule has 0 bridgehead atoms. The van der Waals surface area contributed by atoms with Crippen molar-refractivity contribution in [2.45, 2.75) is 57.4 Å². The van der Waals surface area contributed by atoms with E-state index in [0.717, 1.165) is 38.8 Å². The Kier molecular flexibility index (Phi) is 4.73. The van der Waals surface area contributed by atoms with Crippen molar-refractivity contribution in [3.05, 3.63) is 18.0 Å². The third-order valence-electron chi connectivity index (χ3n) is 5.18. The van der Waals surface area contributed by atoms with Crippen molar-refractivity contribution in [2.24, 2.45) is 13.0 Å². The highest BCUT2D eigenvalue weighted by Gasteiger charge is 2.35.